The standard InChI is InChI=1S/C17H17FN2O4S/c1-11-10-12(6-7-13(11)18)25(22,23)19-9-8-16-17(21)20-14-4-2-3-5-15(14)24-16/h2-7,10,16,19H,8-9H2,1H3,(H,20,21). The zero-order chi connectivity index (χ0) is 18.0. The monoisotopic (exact) mass is 364 g/mol. The lowest BCUT2D eigenvalue weighted by Crippen LogP contribution is -2.39. The number of benzene rings is 2. The average Bonchev–Trinajstić information content (AvgIpc) is 2.57. The SMILES string of the molecule is Cc1cc(S(=O)(=O)NCCC2Oc3ccccc3NC2=O)ccc1F. The van der Waals surface area contributed by atoms with Gasteiger partial charge in [0.1, 0.15) is 11.6 Å². The number of carbonyl (C=O) groups is 1. The van der Waals surface area contributed by atoms with Crippen LogP contribution in [0.3, 0.4) is 0 Å². The highest BCUT2D eigenvalue weighted by atomic mass is 32.2. The molecule has 0 spiro atoms. The van der Waals surface area contributed by atoms with E-state index in [1.807, 2.05) is 0 Å². The number of carbonyl (C=O) groups excluding carboxylic acids is 1. The fourth-order valence-corrected chi connectivity index (χ4v) is 3.61. The lowest BCUT2D eigenvalue weighted by molar-refractivity contribution is -0.123. The maximum atomic E-state index is 13.3. The van der Waals surface area contributed by atoms with Gasteiger partial charge in [0, 0.05) is 13.0 Å². The molecule has 0 saturated heterocycles. The zero-order valence-electron chi connectivity index (χ0n) is 13.5. The van der Waals surface area contributed by atoms with Crippen LogP contribution in [0.25, 0.3) is 0 Å². The molecule has 6 nitrogen and oxygen atoms in total. The van der Waals surface area contributed by atoms with Crippen LogP contribution in [0.4, 0.5) is 10.1 Å². The minimum atomic E-state index is -3.78. The van der Waals surface area contributed by atoms with E-state index in [2.05, 4.69) is 10.0 Å². The van der Waals surface area contributed by atoms with Crippen molar-refractivity contribution in [3.05, 3.63) is 53.8 Å². The highest BCUT2D eigenvalue weighted by Crippen LogP contribution is 2.29. The smallest absolute Gasteiger partial charge is 0.265 e. The molecule has 0 radical (unpaired) electrons. The number of halogens is 1. The van der Waals surface area contributed by atoms with Gasteiger partial charge in [-0.25, -0.2) is 17.5 Å². The quantitative estimate of drug-likeness (QED) is 0.852. The average molecular weight is 364 g/mol. The highest BCUT2D eigenvalue weighted by molar-refractivity contribution is 7.89. The van der Waals surface area contributed by atoms with E-state index < -0.39 is 21.9 Å². The zero-order valence-corrected chi connectivity index (χ0v) is 14.3. The molecule has 0 bridgehead atoms. The van der Waals surface area contributed by atoms with Crippen molar-refractivity contribution < 1.29 is 22.3 Å². The van der Waals surface area contributed by atoms with E-state index in [0.717, 1.165) is 6.07 Å². The Morgan fingerprint density at radius 2 is 2.00 bits per heavy atom. The molecular formula is C17H17FN2O4S. The van der Waals surface area contributed by atoms with Gasteiger partial charge in [-0.05, 0) is 42.8 Å². The number of sulfonamides is 1. The molecule has 1 amide bonds. The Hall–Kier alpha value is -2.45. The Bertz CT molecular complexity index is 915. The van der Waals surface area contributed by atoms with E-state index in [1.54, 1.807) is 24.3 Å². The van der Waals surface area contributed by atoms with E-state index in [4.69, 9.17) is 4.74 Å². The van der Waals surface area contributed by atoms with Crippen LogP contribution in [0.1, 0.15) is 12.0 Å². The van der Waals surface area contributed by atoms with Crippen molar-refractivity contribution in [2.75, 3.05) is 11.9 Å². The number of amides is 1. The Morgan fingerprint density at radius 3 is 2.76 bits per heavy atom. The van der Waals surface area contributed by atoms with E-state index in [0.29, 0.717) is 11.4 Å². The van der Waals surface area contributed by atoms with Gasteiger partial charge in [0.25, 0.3) is 5.91 Å². The number of anilines is 1. The van der Waals surface area contributed by atoms with Gasteiger partial charge in [-0.3, -0.25) is 4.79 Å². The topological polar surface area (TPSA) is 84.5 Å². The van der Waals surface area contributed by atoms with Crippen molar-refractivity contribution in [2.45, 2.75) is 24.3 Å². The van der Waals surface area contributed by atoms with Crippen LogP contribution in [-0.4, -0.2) is 27.0 Å². The van der Waals surface area contributed by atoms with Crippen molar-refractivity contribution >= 4 is 21.6 Å². The van der Waals surface area contributed by atoms with Crippen LogP contribution >= 0.6 is 0 Å². The summed E-state index contributed by atoms with van der Waals surface area (Å²) < 4.78 is 45.8. The summed E-state index contributed by atoms with van der Waals surface area (Å²) >= 11 is 0. The molecule has 1 aliphatic heterocycles. The summed E-state index contributed by atoms with van der Waals surface area (Å²) in [4.78, 5) is 12.0. The first-order valence-electron chi connectivity index (χ1n) is 7.69. The molecule has 25 heavy (non-hydrogen) atoms. The second-order valence-corrected chi connectivity index (χ2v) is 7.46. The van der Waals surface area contributed by atoms with E-state index in [-0.39, 0.29) is 29.3 Å². The molecule has 0 aliphatic carbocycles. The summed E-state index contributed by atoms with van der Waals surface area (Å²) in [6.45, 7) is 1.50. The second kappa shape index (κ2) is 6.81. The molecule has 2 aromatic rings. The van der Waals surface area contributed by atoms with Crippen molar-refractivity contribution in [1.29, 1.82) is 0 Å². The molecule has 2 aromatic carbocycles. The van der Waals surface area contributed by atoms with Crippen molar-refractivity contribution in [2.24, 2.45) is 0 Å². The maximum Gasteiger partial charge on any atom is 0.265 e. The number of rotatable bonds is 5. The Morgan fingerprint density at radius 1 is 1.24 bits per heavy atom. The molecule has 2 N–H and O–H groups in total. The lowest BCUT2D eigenvalue weighted by atomic mass is 10.2. The summed E-state index contributed by atoms with van der Waals surface area (Å²) in [7, 11) is -3.78. The summed E-state index contributed by atoms with van der Waals surface area (Å²) in [5.74, 6) is -0.246. The van der Waals surface area contributed by atoms with Crippen LogP contribution in [0.5, 0.6) is 5.75 Å². The predicted molar refractivity (Wildman–Crippen MR) is 90.4 cm³/mol. The van der Waals surface area contributed by atoms with Crippen LogP contribution in [0, 0.1) is 12.7 Å². The number of ether oxygens (including phenoxy) is 1. The van der Waals surface area contributed by atoms with Crippen molar-refractivity contribution in [1.82, 2.24) is 4.72 Å². The number of para-hydroxylation sites is 2. The summed E-state index contributed by atoms with van der Waals surface area (Å²) in [5, 5.41) is 2.72. The third kappa shape index (κ3) is 3.80. The fraction of sp³-hybridized carbons (Fsp3) is 0.235. The summed E-state index contributed by atoms with van der Waals surface area (Å²) in [5.41, 5.74) is 0.834. The van der Waals surface area contributed by atoms with E-state index >= 15 is 0 Å². The van der Waals surface area contributed by atoms with Crippen LogP contribution in [0.15, 0.2) is 47.4 Å². The molecule has 1 atom stereocenters. The highest BCUT2D eigenvalue weighted by Gasteiger charge is 2.27. The van der Waals surface area contributed by atoms with Crippen molar-refractivity contribution in [3.63, 3.8) is 0 Å². The lowest BCUT2D eigenvalue weighted by Gasteiger charge is -2.25. The third-order valence-electron chi connectivity index (χ3n) is 3.84. The molecular weight excluding hydrogens is 347 g/mol. The molecule has 1 heterocycles. The molecule has 0 aromatic heterocycles. The Kier molecular flexibility index (Phi) is 4.73. The first-order chi connectivity index (χ1) is 11.9. The molecule has 1 unspecified atom stereocenters. The first kappa shape index (κ1) is 17.4. The third-order valence-corrected chi connectivity index (χ3v) is 5.30. The number of fused-ring (bicyclic) bond motifs is 1. The minimum Gasteiger partial charge on any atom is -0.478 e. The number of nitrogens with one attached hydrogen (secondary N) is 2. The molecule has 132 valence electrons. The molecule has 8 heteroatoms. The van der Waals surface area contributed by atoms with Gasteiger partial charge < -0.3 is 10.1 Å². The Balaban J connectivity index is 1.62. The van der Waals surface area contributed by atoms with E-state index in [9.17, 15) is 17.6 Å². The van der Waals surface area contributed by atoms with Gasteiger partial charge >= 0.3 is 0 Å². The minimum absolute atomic E-state index is 0.0129. The summed E-state index contributed by atoms with van der Waals surface area (Å²) in [6, 6.07) is 10.6. The molecule has 3 rings (SSSR count). The van der Waals surface area contributed by atoms with Crippen LogP contribution in [0.2, 0.25) is 0 Å². The van der Waals surface area contributed by atoms with Gasteiger partial charge in [-0.2, -0.15) is 0 Å². The van der Waals surface area contributed by atoms with Gasteiger partial charge in [0.05, 0.1) is 10.6 Å². The van der Waals surface area contributed by atoms with E-state index in [1.165, 1.54) is 19.1 Å². The van der Waals surface area contributed by atoms with Gasteiger partial charge in [-0.15, -0.1) is 0 Å². The summed E-state index contributed by atoms with van der Waals surface area (Å²) in [6.07, 6.45) is -0.618. The molecule has 1 aliphatic rings. The largest absolute Gasteiger partial charge is 0.478 e. The fourth-order valence-electron chi connectivity index (χ4n) is 2.47. The molecule has 0 saturated carbocycles. The van der Waals surface area contributed by atoms with Gasteiger partial charge in [0.2, 0.25) is 10.0 Å². The van der Waals surface area contributed by atoms with Crippen molar-refractivity contribution in [3.8, 4) is 5.75 Å². The number of aryl methyl sites for hydroxylation is 1. The maximum absolute atomic E-state index is 13.3. The van der Waals surface area contributed by atoms with Crippen LogP contribution < -0.4 is 14.8 Å². The normalized spacial score (nSPS) is 16.7. The number of hydrogen-bond donors (Lipinski definition) is 2. The Labute approximate surface area is 145 Å². The molecule has 0 fully saturated rings. The first-order valence-corrected chi connectivity index (χ1v) is 9.17. The predicted octanol–water partition coefficient (Wildman–Crippen LogP) is 2.20. The van der Waals surface area contributed by atoms with Gasteiger partial charge in [0.15, 0.2) is 6.10 Å². The van der Waals surface area contributed by atoms with Gasteiger partial charge in [-0.1, -0.05) is 12.1 Å². The number of hydrogen-bond acceptors (Lipinski definition) is 4. The van der Waals surface area contributed by atoms with Crippen LogP contribution in [-0.2, 0) is 14.8 Å². The second-order valence-electron chi connectivity index (χ2n) is 5.69.